The highest BCUT2D eigenvalue weighted by Crippen LogP contribution is 2.18. The predicted octanol–water partition coefficient (Wildman–Crippen LogP) is 17.4. The Labute approximate surface area is 427 Å². The van der Waals surface area contributed by atoms with Gasteiger partial charge in [-0.25, -0.2) is 4.79 Å². The van der Waals surface area contributed by atoms with Gasteiger partial charge in [-0.05, 0) is 38.5 Å². The van der Waals surface area contributed by atoms with E-state index in [0.717, 1.165) is 38.5 Å². The molecule has 69 heavy (non-hydrogen) atoms. The number of rotatable bonds is 56. The topological polar surface area (TPSA) is 108 Å². The Kier molecular flexibility index (Phi) is 50.9. The zero-order chi connectivity index (χ0) is 50.6. The molecule has 0 saturated heterocycles. The molecule has 0 aliphatic heterocycles. The molecule has 0 heterocycles. The first kappa shape index (κ1) is 67.0. The number of quaternary nitrogens is 1. The van der Waals surface area contributed by atoms with Crippen molar-refractivity contribution in [1.29, 1.82) is 0 Å². The van der Waals surface area contributed by atoms with Gasteiger partial charge < -0.3 is 28.5 Å². The van der Waals surface area contributed by atoms with E-state index in [0.29, 0.717) is 17.4 Å². The summed E-state index contributed by atoms with van der Waals surface area (Å²) in [6.07, 6.45) is 57.2. The van der Waals surface area contributed by atoms with E-state index in [2.05, 4.69) is 26.0 Å². The van der Waals surface area contributed by atoms with Crippen molar-refractivity contribution in [2.24, 2.45) is 0 Å². The molecule has 0 amide bonds. The largest absolute Gasteiger partial charge is 0.477 e. The van der Waals surface area contributed by atoms with Gasteiger partial charge in [0.25, 0.3) is 6.29 Å². The maximum absolute atomic E-state index is 12.9. The number of hydrogen-bond acceptors (Lipinski definition) is 7. The second kappa shape index (κ2) is 52.4. The van der Waals surface area contributed by atoms with Gasteiger partial charge in [-0.2, -0.15) is 0 Å². The van der Waals surface area contributed by atoms with E-state index in [1.54, 1.807) is 0 Å². The number of carboxylic acid groups (broad SMARTS) is 1. The van der Waals surface area contributed by atoms with E-state index in [4.69, 9.17) is 18.9 Å². The van der Waals surface area contributed by atoms with Crippen LogP contribution in [0, 0.1) is 0 Å². The van der Waals surface area contributed by atoms with Gasteiger partial charge in [0.2, 0.25) is 0 Å². The average molecular weight is 980 g/mol. The van der Waals surface area contributed by atoms with Gasteiger partial charge >= 0.3 is 17.9 Å². The fraction of sp³-hybridized carbons (Fsp3) is 0.917. The summed E-state index contributed by atoms with van der Waals surface area (Å²) in [6, 6.07) is 0. The molecule has 0 fully saturated rings. The van der Waals surface area contributed by atoms with Crippen LogP contribution in [0.2, 0.25) is 0 Å². The molecule has 0 saturated carbocycles. The van der Waals surface area contributed by atoms with Crippen molar-refractivity contribution in [2.45, 2.75) is 309 Å². The van der Waals surface area contributed by atoms with Gasteiger partial charge in [0, 0.05) is 12.8 Å². The Bertz CT molecular complexity index is 1140. The molecule has 9 nitrogen and oxygen atoms in total. The first-order valence-electron chi connectivity index (χ1n) is 29.9. The number of likely N-dealkylation sites (N-methyl/N-ethyl adjacent to an activating group) is 1. The monoisotopic (exact) mass is 979 g/mol. The molecule has 0 aliphatic carbocycles. The van der Waals surface area contributed by atoms with Gasteiger partial charge in [0.05, 0.1) is 34.4 Å². The van der Waals surface area contributed by atoms with E-state index in [9.17, 15) is 19.5 Å². The second-order valence-corrected chi connectivity index (χ2v) is 21.7. The number of carboxylic acids is 1. The summed E-state index contributed by atoms with van der Waals surface area (Å²) in [5.41, 5.74) is 0. The summed E-state index contributed by atoms with van der Waals surface area (Å²) >= 11 is 0. The number of allylic oxidation sites excluding steroid dienone is 2. The first-order valence-corrected chi connectivity index (χ1v) is 29.9. The van der Waals surface area contributed by atoms with Crippen molar-refractivity contribution >= 4 is 17.9 Å². The standard InChI is InChI=1S/C60H115NO8/c1-6-8-10-12-14-16-18-20-22-24-26-28-29-31-33-35-37-39-41-43-45-47-49-51-58(63)69-56(55-68-60(59(64)65)66-53-52-61(3,4)5)54-67-57(62)50-48-46-44-42-40-38-36-34-32-30-27-25-23-21-19-17-15-13-11-9-7-2/h24,26,56,60H,6-23,25,27-55H2,1-5H3/p+1/b26-24-. The number of ether oxygens (including phenoxy) is 4. The maximum Gasteiger partial charge on any atom is 0.361 e. The third kappa shape index (κ3) is 53.7. The van der Waals surface area contributed by atoms with Crippen molar-refractivity contribution in [3.05, 3.63) is 12.2 Å². The third-order valence-corrected chi connectivity index (χ3v) is 13.5. The van der Waals surface area contributed by atoms with Crippen molar-refractivity contribution < 1.29 is 42.9 Å². The zero-order valence-corrected chi connectivity index (χ0v) is 46.5. The summed E-state index contributed by atoms with van der Waals surface area (Å²) in [4.78, 5) is 37.4. The number of unbranched alkanes of at least 4 members (excludes halogenated alkanes) is 39. The molecule has 0 aromatic heterocycles. The summed E-state index contributed by atoms with van der Waals surface area (Å²) in [7, 11) is 5.98. The highest BCUT2D eigenvalue weighted by Gasteiger charge is 2.25. The fourth-order valence-electron chi connectivity index (χ4n) is 8.89. The smallest absolute Gasteiger partial charge is 0.361 e. The number of carbonyl (C=O) groups is 3. The van der Waals surface area contributed by atoms with E-state index >= 15 is 0 Å². The van der Waals surface area contributed by atoms with Crippen LogP contribution in [0.3, 0.4) is 0 Å². The van der Waals surface area contributed by atoms with Crippen LogP contribution in [0.5, 0.6) is 0 Å². The SMILES string of the molecule is CCCCCCCCCC/C=C\CCCCCCCCCCCCCC(=O)OC(COC(=O)CCCCCCCCCCCCCCCCCCCCCCC)COC(OCC[N+](C)(C)C)C(=O)O. The molecular weight excluding hydrogens is 863 g/mol. The molecule has 0 rings (SSSR count). The Morgan fingerprint density at radius 2 is 0.739 bits per heavy atom. The Balaban J connectivity index is 4.19. The first-order chi connectivity index (χ1) is 33.6. The summed E-state index contributed by atoms with van der Waals surface area (Å²) < 4.78 is 22.9. The minimum absolute atomic E-state index is 0.175. The van der Waals surface area contributed by atoms with Gasteiger partial charge in [-0.3, -0.25) is 9.59 Å². The lowest BCUT2D eigenvalue weighted by Crippen LogP contribution is -2.40. The summed E-state index contributed by atoms with van der Waals surface area (Å²) in [5.74, 6) is -1.98. The van der Waals surface area contributed by atoms with Crippen LogP contribution in [0.4, 0.5) is 0 Å². The minimum Gasteiger partial charge on any atom is -0.477 e. The number of aliphatic carboxylic acids is 1. The van der Waals surface area contributed by atoms with Crippen molar-refractivity contribution in [1.82, 2.24) is 0 Å². The summed E-state index contributed by atoms with van der Waals surface area (Å²) in [5, 5.41) is 9.70. The van der Waals surface area contributed by atoms with Crippen molar-refractivity contribution in [3.63, 3.8) is 0 Å². The van der Waals surface area contributed by atoms with Crippen LogP contribution in [0.15, 0.2) is 12.2 Å². The molecule has 0 aromatic rings. The Hall–Kier alpha value is -1.97. The number of carbonyl (C=O) groups excluding carboxylic acids is 2. The molecule has 2 unspecified atom stereocenters. The molecule has 9 heteroatoms. The minimum atomic E-state index is -1.51. The van der Waals surface area contributed by atoms with Crippen molar-refractivity contribution in [2.75, 3.05) is 47.5 Å². The van der Waals surface area contributed by atoms with Gasteiger partial charge in [0.1, 0.15) is 13.2 Å². The molecule has 2 atom stereocenters. The Morgan fingerprint density at radius 1 is 0.420 bits per heavy atom. The normalized spacial score (nSPS) is 12.8. The number of hydrogen-bond donors (Lipinski definition) is 1. The molecule has 0 spiro atoms. The lowest BCUT2D eigenvalue weighted by atomic mass is 10.0. The van der Waals surface area contributed by atoms with Crippen LogP contribution in [-0.2, 0) is 33.3 Å². The van der Waals surface area contributed by atoms with E-state index in [1.807, 2.05) is 21.1 Å². The predicted molar refractivity (Wildman–Crippen MR) is 291 cm³/mol. The third-order valence-electron chi connectivity index (χ3n) is 13.5. The highest BCUT2D eigenvalue weighted by molar-refractivity contribution is 5.71. The Morgan fingerprint density at radius 3 is 1.07 bits per heavy atom. The van der Waals surface area contributed by atoms with Crippen LogP contribution in [-0.4, -0.2) is 87.4 Å². The molecule has 1 N–H and O–H groups in total. The highest BCUT2D eigenvalue weighted by atomic mass is 16.7. The zero-order valence-electron chi connectivity index (χ0n) is 46.5. The van der Waals surface area contributed by atoms with Gasteiger partial charge in [-0.15, -0.1) is 0 Å². The molecule has 0 radical (unpaired) electrons. The molecule has 0 bridgehead atoms. The number of nitrogens with zero attached hydrogens (tertiary/aromatic N) is 1. The van der Waals surface area contributed by atoms with Crippen LogP contribution in [0.1, 0.15) is 296 Å². The lowest BCUT2D eigenvalue weighted by Gasteiger charge is -2.25. The van der Waals surface area contributed by atoms with E-state index in [-0.39, 0.29) is 38.2 Å². The number of esters is 2. The van der Waals surface area contributed by atoms with Crippen molar-refractivity contribution in [3.8, 4) is 0 Å². The molecule has 408 valence electrons. The van der Waals surface area contributed by atoms with Crippen LogP contribution < -0.4 is 0 Å². The summed E-state index contributed by atoms with van der Waals surface area (Å²) in [6.45, 7) is 4.94. The van der Waals surface area contributed by atoms with E-state index in [1.165, 1.54) is 231 Å². The maximum atomic E-state index is 12.9. The second-order valence-electron chi connectivity index (χ2n) is 21.7. The fourth-order valence-corrected chi connectivity index (χ4v) is 8.89. The molecule has 0 aromatic carbocycles. The molecule has 0 aliphatic rings. The molecular formula is C60H116NO8+. The lowest BCUT2D eigenvalue weighted by molar-refractivity contribution is -0.870. The van der Waals surface area contributed by atoms with Gasteiger partial charge in [-0.1, -0.05) is 257 Å². The van der Waals surface area contributed by atoms with Crippen LogP contribution >= 0.6 is 0 Å². The quantitative estimate of drug-likeness (QED) is 0.0211. The van der Waals surface area contributed by atoms with E-state index < -0.39 is 18.4 Å². The average Bonchev–Trinajstić information content (AvgIpc) is 3.31. The van der Waals surface area contributed by atoms with Crippen LogP contribution in [0.25, 0.3) is 0 Å². The van der Waals surface area contributed by atoms with Gasteiger partial charge in [0.15, 0.2) is 6.10 Å².